The Hall–Kier alpha value is -1.76. The van der Waals surface area contributed by atoms with Gasteiger partial charge in [-0.25, -0.2) is 13.9 Å². The highest BCUT2D eigenvalue weighted by molar-refractivity contribution is 9.10. The van der Waals surface area contributed by atoms with Crippen LogP contribution in [0.2, 0.25) is 0 Å². The number of benzene rings is 1. The molecule has 3 rings (SSSR count). The molecule has 0 bridgehead atoms. The van der Waals surface area contributed by atoms with Crippen LogP contribution in [-0.4, -0.2) is 26.1 Å². The van der Waals surface area contributed by atoms with Gasteiger partial charge in [0.15, 0.2) is 5.69 Å². The summed E-state index contributed by atoms with van der Waals surface area (Å²) in [4.78, 5) is 11.1. The first-order valence-corrected chi connectivity index (χ1v) is 6.51. The zero-order chi connectivity index (χ0) is 13.6. The molecule has 0 saturated heterocycles. The second-order valence-electron chi connectivity index (χ2n) is 4.41. The Morgan fingerprint density at radius 2 is 2.21 bits per heavy atom. The number of carbonyl (C=O) groups is 1. The molecule has 1 heterocycles. The van der Waals surface area contributed by atoms with Crippen LogP contribution in [0.25, 0.3) is 5.69 Å². The summed E-state index contributed by atoms with van der Waals surface area (Å²) in [5.74, 6) is -1.38. The van der Waals surface area contributed by atoms with Crippen molar-refractivity contribution >= 4 is 21.9 Å². The van der Waals surface area contributed by atoms with Gasteiger partial charge in [-0.3, -0.25) is 0 Å². The van der Waals surface area contributed by atoms with Gasteiger partial charge in [-0.1, -0.05) is 5.21 Å². The first kappa shape index (κ1) is 12.3. The molecule has 1 N–H and O–H groups in total. The highest BCUT2D eigenvalue weighted by Gasteiger charge is 2.34. The van der Waals surface area contributed by atoms with E-state index in [-0.39, 0.29) is 11.6 Å². The van der Waals surface area contributed by atoms with Gasteiger partial charge in [0.1, 0.15) is 5.82 Å². The quantitative estimate of drug-likeness (QED) is 0.942. The summed E-state index contributed by atoms with van der Waals surface area (Å²) in [7, 11) is 0. The molecule has 0 atom stereocenters. The van der Waals surface area contributed by atoms with Crippen molar-refractivity contribution in [2.75, 3.05) is 0 Å². The summed E-state index contributed by atoms with van der Waals surface area (Å²) < 4.78 is 15.3. The summed E-state index contributed by atoms with van der Waals surface area (Å²) in [6.07, 6.45) is 1.82. The van der Waals surface area contributed by atoms with Crippen molar-refractivity contribution in [3.05, 3.63) is 39.9 Å². The minimum absolute atomic E-state index is 0.0502. The molecule has 0 amide bonds. The molecule has 0 spiro atoms. The topological polar surface area (TPSA) is 68.0 Å². The van der Waals surface area contributed by atoms with Gasteiger partial charge < -0.3 is 5.11 Å². The molecule has 7 heteroatoms. The van der Waals surface area contributed by atoms with Gasteiger partial charge in [-0.15, -0.1) is 5.10 Å². The van der Waals surface area contributed by atoms with E-state index in [0.717, 1.165) is 12.8 Å². The monoisotopic (exact) mass is 325 g/mol. The van der Waals surface area contributed by atoms with E-state index < -0.39 is 11.8 Å². The lowest BCUT2D eigenvalue weighted by Gasteiger charge is -2.06. The summed E-state index contributed by atoms with van der Waals surface area (Å²) in [5.41, 5.74) is 0.975. The van der Waals surface area contributed by atoms with Crippen LogP contribution in [0.3, 0.4) is 0 Å². The number of hydrogen-bond donors (Lipinski definition) is 1. The number of carboxylic acids is 1. The van der Waals surface area contributed by atoms with Crippen molar-refractivity contribution in [2.24, 2.45) is 0 Å². The van der Waals surface area contributed by atoms with Crippen molar-refractivity contribution in [3.63, 3.8) is 0 Å². The summed E-state index contributed by atoms with van der Waals surface area (Å²) >= 11 is 3.08. The molecule has 1 aromatic carbocycles. The summed E-state index contributed by atoms with van der Waals surface area (Å²) in [6.45, 7) is 0. The van der Waals surface area contributed by atoms with E-state index in [4.69, 9.17) is 5.11 Å². The summed E-state index contributed by atoms with van der Waals surface area (Å²) in [5, 5.41) is 16.6. The SMILES string of the molecule is O=C(O)c1nnn(-c2ccc(Br)c(F)c2)c1C1CC1. The van der Waals surface area contributed by atoms with Gasteiger partial charge >= 0.3 is 5.97 Å². The van der Waals surface area contributed by atoms with Crippen molar-refractivity contribution < 1.29 is 14.3 Å². The zero-order valence-electron chi connectivity index (χ0n) is 9.68. The number of aromatic carboxylic acids is 1. The first-order chi connectivity index (χ1) is 9.08. The Morgan fingerprint density at radius 1 is 1.47 bits per heavy atom. The fourth-order valence-electron chi connectivity index (χ4n) is 1.97. The fraction of sp³-hybridized carbons (Fsp3) is 0.250. The highest BCUT2D eigenvalue weighted by Crippen LogP contribution is 2.42. The molecular weight excluding hydrogens is 317 g/mol. The van der Waals surface area contributed by atoms with Gasteiger partial charge in [0, 0.05) is 12.0 Å². The number of carboxylic acid groups (broad SMARTS) is 1. The standard InChI is InChI=1S/C12H9BrFN3O2/c13-8-4-3-7(5-9(8)14)17-11(6-1-2-6)10(12(18)19)15-16-17/h3-6H,1-2H2,(H,18,19). The van der Waals surface area contributed by atoms with Crippen LogP contribution in [0.1, 0.15) is 34.9 Å². The molecule has 1 aromatic heterocycles. The minimum atomic E-state index is -1.11. The van der Waals surface area contributed by atoms with Crippen LogP contribution in [-0.2, 0) is 0 Å². The minimum Gasteiger partial charge on any atom is -0.476 e. The molecule has 1 aliphatic rings. The second-order valence-corrected chi connectivity index (χ2v) is 5.27. The number of nitrogens with zero attached hydrogens (tertiary/aromatic N) is 3. The molecule has 1 aliphatic carbocycles. The third kappa shape index (κ3) is 2.14. The van der Waals surface area contributed by atoms with Crippen molar-refractivity contribution in [3.8, 4) is 5.69 Å². The molecule has 0 unspecified atom stereocenters. The summed E-state index contributed by atoms with van der Waals surface area (Å²) in [6, 6.07) is 4.53. The maximum Gasteiger partial charge on any atom is 0.358 e. The molecule has 98 valence electrons. The molecule has 5 nitrogen and oxygen atoms in total. The predicted molar refractivity (Wildman–Crippen MR) is 68.0 cm³/mol. The van der Waals surface area contributed by atoms with Gasteiger partial charge in [-0.2, -0.15) is 0 Å². The van der Waals surface area contributed by atoms with Crippen LogP contribution in [0.4, 0.5) is 4.39 Å². The van der Waals surface area contributed by atoms with Gasteiger partial charge in [0.2, 0.25) is 0 Å². The second kappa shape index (κ2) is 4.41. The highest BCUT2D eigenvalue weighted by atomic mass is 79.9. The van der Waals surface area contributed by atoms with Gasteiger partial charge in [0.25, 0.3) is 0 Å². The molecule has 1 saturated carbocycles. The average Bonchev–Trinajstić information content (AvgIpc) is 3.11. The number of rotatable bonds is 3. The largest absolute Gasteiger partial charge is 0.476 e. The molecule has 0 radical (unpaired) electrons. The van der Waals surface area contributed by atoms with Crippen LogP contribution < -0.4 is 0 Å². The van der Waals surface area contributed by atoms with E-state index in [1.807, 2.05) is 0 Å². The van der Waals surface area contributed by atoms with E-state index in [1.165, 1.54) is 10.7 Å². The molecular formula is C12H9BrFN3O2. The Labute approximate surface area is 116 Å². The van der Waals surface area contributed by atoms with Gasteiger partial charge in [0.05, 0.1) is 15.9 Å². The van der Waals surface area contributed by atoms with Gasteiger partial charge in [-0.05, 0) is 40.9 Å². The normalized spacial score (nSPS) is 14.6. The van der Waals surface area contributed by atoms with E-state index in [2.05, 4.69) is 26.2 Å². The van der Waals surface area contributed by atoms with Crippen LogP contribution in [0, 0.1) is 5.82 Å². The number of halogens is 2. The van der Waals surface area contributed by atoms with E-state index in [9.17, 15) is 9.18 Å². The van der Waals surface area contributed by atoms with E-state index in [1.54, 1.807) is 12.1 Å². The van der Waals surface area contributed by atoms with E-state index >= 15 is 0 Å². The first-order valence-electron chi connectivity index (χ1n) is 5.72. The van der Waals surface area contributed by atoms with Crippen LogP contribution in [0.15, 0.2) is 22.7 Å². The Balaban J connectivity index is 2.14. The van der Waals surface area contributed by atoms with Crippen LogP contribution in [0.5, 0.6) is 0 Å². The fourth-order valence-corrected chi connectivity index (χ4v) is 2.22. The lowest BCUT2D eigenvalue weighted by atomic mass is 10.2. The van der Waals surface area contributed by atoms with Crippen molar-refractivity contribution in [1.29, 1.82) is 0 Å². The van der Waals surface area contributed by atoms with E-state index in [0.29, 0.717) is 15.9 Å². The lowest BCUT2D eigenvalue weighted by Crippen LogP contribution is -2.06. The number of aromatic nitrogens is 3. The third-order valence-electron chi connectivity index (χ3n) is 3.02. The Kier molecular flexibility index (Phi) is 2.85. The number of hydrogen-bond acceptors (Lipinski definition) is 3. The molecule has 0 aliphatic heterocycles. The lowest BCUT2D eigenvalue weighted by molar-refractivity contribution is 0.0689. The Bertz CT molecular complexity index is 667. The molecule has 2 aromatic rings. The molecule has 1 fully saturated rings. The third-order valence-corrected chi connectivity index (χ3v) is 3.66. The van der Waals surface area contributed by atoms with Crippen molar-refractivity contribution in [1.82, 2.24) is 15.0 Å². The average molecular weight is 326 g/mol. The predicted octanol–water partition coefficient (Wildman–Crippen LogP) is 2.74. The smallest absolute Gasteiger partial charge is 0.358 e. The van der Waals surface area contributed by atoms with Crippen LogP contribution >= 0.6 is 15.9 Å². The maximum absolute atomic E-state index is 13.6. The molecule has 19 heavy (non-hydrogen) atoms. The zero-order valence-corrected chi connectivity index (χ0v) is 11.3. The van der Waals surface area contributed by atoms with Crippen molar-refractivity contribution in [2.45, 2.75) is 18.8 Å². The maximum atomic E-state index is 13.6. The Morgan fingerprint density at radius 3 is 2.79 bits per heavy atom.